The largest absolute Gasteiger partial charge is 0.573 e. The van der Waals surface area contributed by atoms with Crippen molar-refractivity contribution in [3.8, 4) is 11.8 Å². The molecule has 42 heavy (non-hydrogen) atoms. The van der Waals surface area contributed by atoms with Gasteiger partial charge in [0.05, 0.1) is 6.20 Å². The molecule has 5 N–H and O–H groups in total. The Morgan fingerprint density at radius 2 is 1.79 bits per heavy atom. The zero-order chi connectivity index (χ0) is 29.5. The maximum Gasteiger partial charge on any atom is 0.573 e. The summed E-state index contributed by atoms with van der Waals surface area (Å²) >= 11 is 0. The number of para-hydroxylation sites is 1. The summed E-state index contributed by atoms with van der Waals surface area (Å²) in [7, 11) is -2.39. The molecule has 5 aliphatic rings. The first-order valence-corrected chi connectivity index (χ1v) is 16.5. The summed E-state index contributed by atoms with van der Waals surface area (Å²) in [6.45, 7) is 0.710. The van der Waals surface area contributed by atoms with Gasteiger partial charge in [-0.3, -0.25) is 9.11 Å². The predicted octanol–water partition coefficient (Wildman–Crippen LogP) is 5.97. The molecule has 4 saturated carbocycles. The van der Waals surface area contributed by atoms with Crippen LogP contribution in [0.3, 0.4) is 0 Å². The monoisotopic (exact) mass is 606 g/mol. The smallest absolute Gasteiger partial charge is 0.405 e. The molecule has 0 spiro atoms. The highest BCUT2D eigenvalue weighted by atomic mass is 32.3. The molecule has 0 radical (unpaired) electrons. The molecule has 5 fully saturated rings. The van der Waals surface area contributed by atoms with E-state index >= 15 is 0 Å². The van der Waals surface area contributed by atoms with Crippen molar-refractivity contribution in [3.05, 3.63) is 41.6 Å². The van der Waals surface area contributed by atoms with Crippen LogP contribution in [0.2, 0.25) is 0 Å². The van der Waals surface area contributed by atoms with Crippen molar-refractivity contribution in [2.45, 2.75) is 69.9 Å². The molecule has 2 aromatic rings. The minimum Gasteiger partial charge on any atom is -0.405 e. The number of anilines is 2. The second-order valence-corrected chi connectivity index (χ2v) is 15.0. The number of hydrogen-bond donors (Lipinski definition) is 5. The molecule has 1 saturated heterocycles. The number of benzene rings is 1. The summed E-state index contributed by atoms with van der Waals surface area (Å²) in [5.41, 5.74) is 0.736. The van der Waals surface area contributed by atoms with E-state index in [1.807, 2.05) is 0 Å². The molecule has 13 heteroatoms. The Labute approximate surface area is 245 Å². The summed E-state index contributed by atoms with van der Waals surface area (Å²) in [5.74, 6) is 3.17. The van der Waals surface area contributed by atoms with Crippen LogP contribution in [0.4, 0.5) is 24.9 Å². The van der Waals surface area contributed by atoms with Crippen LogP contribution in [0.5, 0.6) is 5.75 Å². The van der Waals surface area contributed by atoms with Crippen molar-refractivity contribution < 1.29 is 27.0 Å². The first kappa shape index (κ1) is 29.3. The van der Waals surface area contributed by atoms with Crippen LogP contribution < -0.4 is 20.7 Å². The molecule has 4 bridgehead atoms. The Hall–Kier alpha value is -2.79. The Kier molecular flexibility index (Phi) is 7.93. The van der Waals surface area contributed by atoms with Crippen LogP contribution in [-0.2, 0) is 6.54 Å². The van der Waals surface area contributed by atoms with E-state index in [4.69, 9.17) is 0 Å². The number of rotatable bonds is 9. The lowest BCUT2D eigenvalue weighted by Gasteiger charge is -2.61. The first-order valence-electron chi connectivity index (χ1n) is 14.6. The van der Waals surface area contributed by atoms with E-state index in [1.165, 1.54) is 37.2 Å². The molecule has 5 atom stereocenters. The Morgan fingerprint density at radius 1 is 1.07 bits per heavy atom. The summed E-state index contributed by atoms with van der Waals surface area (Å²) in [5, 5.41) is 20.0. The standard InChI is InChI=1S/C29H37F3N6O3S/c30-29(31,32)41-24-4-2-1-3-19(24)15-34-27-35-16-22(14-33)26(38-27)36-17-28-11-18-9-20(12-28)25(21(10-18)13-28)37-23-5-7-42(39,40)8-6-23/h1-4,16,18,20-21,23,25,37,39-40H,5-13,15,17H2,(H2,34,35,36,38)/t18?,20-,21+,25+,28?. The van der Waals surface area contributed by atoms with E-state index in [0.29, 0.717) is 64.8 Å². The van der Waals surface area contributed by atoms with Gasteiger partial charge in [-0.2, -0.15) is 20.8 Å². The van der Waals surface area contributed by atoms with Crippen LogP contribution in [0.25, 0.3) is 0 Å². The van der Waals surface area contributed by atoms with Gasteiger partial charge in [0, 0.05) is 42.2 Å². The molecule has 1 aromatic heterocycles. The Morgan fingerprint density at radius 3 is 2.48 bits per heavy atom. The van der Waals surface area contributed by atoms with Gasteiger partial charge in [0.1, 0.15) is 23.2 Å². The molecule has 4 aliphatic carbocycles. The minimum atomic E-state index is -4.80. The first-order chi connectivity index (χ1) is 20.0. The predicted molar refractivity (Wildman–Crippen MR) is 154 cm³/mol. The van der Waals surface area contributed by atoms with Crippen LogP contribution in [0.15, 0.2) is 30.5 Å². The zero-order valence-corrected chi connectivity index (χ0v) is 24.1. The number of nitrogens with zero attached hydrogens (tertiary/aromatic N) is 3. The number of halogens is 3. The van der Waals surface area contributed by atoms with Gasteiger partial charge in [-0.1, -0.05) is 18.2 Å². The molecular formula is C29H37F3N6O3S. The molecule has 228 valence electrons. The van der Waals surface area contributed by atoms with Gasteiger partial charge in [0.2, 0.25) is 5.95 Å². The van der Waals surface area contributed by atoms with Gasteiger partial charge >= 0.3 is 6.36 Å². The van der Waals surface area contributed by atoms with E-state index < -0.39 is 17.0 Å². The van der Waals surface area contributed by atoms with E-state index in [9.17, 15) is 27.5 Å². The van der Waals surface area contributed by atoms with Gasteiger partial charge in [-0.05, 0) is 74.2 Å². The lowest BCUT2D eigenvalue weighted by atomic mass is 9.48. The summed E-state index contributed by atoms with van der Waals surface area (Å²) in [6.07, 6.45) is 4.06. The SMILES string of the molecule is N#Cc1cnc(NCc2ccccc2OC(F)(F)F)nc1NCC12CC3C[C@H](C1)[C@H](NC1CCS(O)(O)CC1)[C@@H](C3)C2. The topological polar surface area (TPSA) is 135 Å². The average molecular weight is 607 g/mol. The number of nitrogens with one attached hydrogen (secondary N) is 3. The normalized spacial score (nSPS) is 30.9. The van der Waals surface area contributed by atoms with E-state index in [-0.39, 0.29) is 23.7 Å². The highest BCUT2D eigenvalue weighted by Gasteiger charge is 2.55. The minimum absolute atomic E-state index is 0.0147. The third-order valence-electron chi connectivity index (χ3n) is 9.59. The Balaban J connectivity index is 1.09. The van der Waals surface area contributed by atoms with Crippen molar-refractivity contribution in [2.24, 2.45) is 23.2 Å². The highest BCUT2D eigenvalue weighted by Crippen LogP contribution is 2.60. The summed E-state index contributed by atoms with van der Waals surface area (Å²) < 4.78 is 62.5. The van der Waals surface area contributed by atoms with E-state index in [1.54, 1.807) is 6.07 Å². The molecule has 1 aromatic carbocycles. The Bertz CT molecular complexity index is 1310. The molecule has 0 amide bonds. The zero-order valence-electron chi connectivity index (χ0n) is 23.2. The molecule has 2 heterocycles. The van der Waals surface area contributed by atoms with Gasteiger partial charge < -0.3 is 20.7 Å². The number of aromatic nitrogens is 2. The number of alkyl halides is 3. The van der Waals surface area contributed by atoms with Crippen molar-refractivity contribution in [2.75, 3.05) is 28.7 Å². The third-order valence-corrected chi connectivity index (χ3v) is 11.4. The van der Waals surface area contributed by atoms with Crippen LogP contribution in [-0.4, -0.2) is 55.6 Å². The molecule has 1 aliphatic heterocycles. The third kappa shape index (κ3) is 6.56. The van der Waals surface area contributed by atoms with E-state index in [2.05, 4.69) is 36.7 Å². The number of nitriles is 1. The van der Waals surface area contributed by atoms with Crippen LogP contribution in [0, 0.1) is 34.5 Å². The van der Waals surface area contributed by atoms with Gasteiger partial charge in [0.25, 0.3) is 0 Å². The average Bonchev–Trinajstić information content (AvgIpc) is 2.93. The quantitative estimate of drug-likeness (QED) is 0.234. The molecule has 2 unspecified atom stereocenters. The van der Waals surface area contributed by atoms with E-state index in [0.717, 1.165) is 32.1 Å². The lowest BCUT2D eigenvalue weighted by molar-refractivity contribution is -0.274. The van der Waals surface area contributed by atoms with Crippen LogP contribution in [0.1, 0.15) is 56.1 Å². The number of hydrogen-bond acceptors (Lipinski definition) is 9. The summed E-state index contributed by atoms with van der Waals surface area (Å²) in [6, 6.07) is 8.85. The van der Waals surface area contributed by atoms with Gasteiger partial charge in [-0.15, -0.1) is 13.2 Å². The molecular weight excluding hydrogens is 569 g/mol. The fourth-order valence-electron chi connectivity index (χ4n) is 8.03. The van der Waals surface area contributed by atoms with Crippen LogP contribution >= 0.6 is 10.6 Å². The fourth-order valence-corrected chi connectivity index (χ4v) is 9.56. The second-order valence-electron chi connectivity index (χ2n) is 12.6. The summed E-state index contributed by atoms with van der Waals surface area (Å²) in [4.78, 5) is 8.71. The van der Waals surface area contributed by atoms with Crippen molar-refractivity contribution in [3.63, 3.8) is 0 Å². The van der Waals surface area contributed by atoms with Gasteiger partial charge in [-0.25, -0.2) is 4.98 Å². The van der Waals surface area contributed by atoms with Gasteiger partial charge in [0.15, 0.2) is 0 Å². The van der Waals surface area contributed by atoms with Crippen molar-refractivity contribution in [1.29, 1.82) is 5.26 Å². The number of ether oxygens (including phenoxy) is 1. The second kappa shape index (κ2) is 11.4. The maximum absolute atomic E-state index is 12.8. The molecule has 9 nitrogen and oxygen atoms in total. The molecule has 7 rings (SSSR count). The lowest BCUT2D eigenvalue weighted by Crippen LogP contribution is -2.61. The van der Waals surface area contributed by atoms with Crippen molar-refractivity contribution >= 4 is 22.4 Å². The highest BCUT2D eigenvalue weighted by molar-refractivity contribution is 8.24. The maximum atomic E-state index is 12.8. The van der Waals surface area contributed by atoms with Crippen molar-refractivity contribution in [1.82, 2.24) is 15.3 Å². The fraction of sp³-hybridized carbons (Fsp3) is 0.621.